The Kier molecular flexibility index (Phi) is 8.09. The molecule has 7 heteroatoms. The van der Waals surface area contributed by atoms with Crippen molar-refractivity contribution >= 4 is 12.1 Å². The summed E-state index contributed by atoms with van der Waals surface area (Å²) >= 11 is 0. The summed E-state index contributed by atoms with van der Waals surface area (Å²) in [5.41, 5.74) is 7.89. The summed E-state index contributed by atoms with van der Waals surface area (Å²) in [6, 6.07) is 35.2. The smallest absolute Gasteiger partial charge is 0.277 e. The number of rotatable bonds is 10. The molecular weight excluding hydrogens is 488 g/mol. The van der Waals surface area contributed by atoms with Gasteiger partial charge in [0.2, 0.25) is 0 Å². The lowest BCUT2D eigenvalue weighted by Gasteiger charge is -2.07. The molecule has 0 fully saturated rings. The Hall–Kier alpha value is -5.17. The van der Waals surface area contributed by atoms with Crippen molar-refractivity contribution in [1.29, 1.82) is 0 Å². The highest BCUT2D eigenvalue weighted by atomic mass is 16.5. The molecule has 0 aliphatic carbocycles. The average Bonchev–Trinajstić information content (AvgIpc) is 3.41. The number of nitrogens with zero attached hydrogens (tertiary/aromatic N) is 3. The minimum atomic E-state index is -0.355. The van der Waals surface area contributed by atoms with Crippen LogP contribution in [-0.4, -0.2) is 28.5 Å². The first-order chi connectivity index (χ1) is 19.2. The van der Waals surface area contributed by atoms with Gasteiger partial charge < -0.3 is 9.47 Å². The first-order valence-corrected chi connectivity index (χ1v) is 12.6. The highest BCUT2D eigenvalue weighted by Crippen LogP contribution is 2.25. The van der Waals surface area contributed by atoms with Gasteiger partial charge in [-0.25, -0.2) is 10.1 Å². The molecule has 5 rings (SSSR count). The standard InChI is InChI=1S/C32H28N4O3/c1-24-10-8-9-15-30(24)39-23-31(37)34-33-20-27-21-36(28-13-6-3-7-14-28)35-32(27)26-16-18-29(19-17-26)38-22-25-11-4-2-5-12-25/h2-21H,22-23H2,1H3,(H,34,37)/b33-20+. The van der Waals surface area contributed by atoms with Gasteiger partial charge in [-0.05, 0) is 60.5 Å². The van der Waals surface area contributed by atoms with Crippen LogP contribution in [0.4, 0.5) is 0 Å². The third kappa shape index (κ3) is 6.78. The number of para-hydroxylation sites is 2. The van der Waals surface area contributed by atoms with Crippen LogP contribution >= 0.6 is 0 Å². The maximum atomic E-state index is 12.3. The quantitative estimate of drug-likeness (QED) is 0.184. The fraction of sp³-hybridized carbons (Fsp3) is 0.0938. The zero-order valence-corrected chi connectivity index (χ0v) is 21.5. The van der Waals surface area contributed by atoms with Gasteiger partial charge in [-0.1, -0.05) is 66.7 Å². The average molecular weight is 517 g/mol. The number of amides is 1. The molecule has 0 saturated carbocycles. The van der Waals surface area contributed by atoms with Crippen molar-refractivity contribution in [3.05, 3.63) is 132 Å². The van der Waals surface area contributed by atoms with Crippen molar-refractivity contribution < 1.29 is 14.3 Å². The Morgan fingerprint density at radius 3 is 2.31 bits per heavy atom. The number of aromatic nitrogens is 2. The van der Waals surface area contributed by atoms with Gasteiger partial charge in [0.25, 0.3) is 5.91 Å². The van der Waals surface area contributed by atoms with Crippen LogP contribution in [0, 0.1) is 6.92 Å². The number of hydrogen-bond donors (Lipinski definition) is 1. The summed E-state index contributed by atoms with van der Waals surface area (Å²) in [4.78, 5) is 12.3. The zero-order chi connectivity index (χ0) is 26.9. The normalized spacial score (nSPS) is 10.9. The SMILES string of the molecule is Cc1ccccc1OCC(=O)N/N=C/c1cn(-c2ccccc2)nc1-c1ccc(OCc2ccccc2)cc1. The molecular formula is C32H28N4O3. The number of nitrogens with one attached hydrogen (secondary N) is 1. The Morgan fingerprint density at radius 1 is 0.872 bits per heavy atom. The lowest BCUT2D eigenvalue weighted by atomic mass is 10.1. The molecule has 7 nitrogen and oxygen atoms in total. The zero-order valence-electron chi connectivity index (χ0n) is 21.5. The van der Waals surface area contributed by atoms with Crippen molar-refractivity contribution in [2.75, 3.05) is 6.61 Å². The maximum Gasteiger partial charge on any atom is 0.277 e. The highest BCUT2D eigenvalue weighted by Gasteiger charge is 2.12. The third-order valence-electron chi connectivity index (χ3n) is 5.98. The van der Waals surface area contributed by atoms with Crippen LogP contribution in [-0.2, 0) is 11.4 Å². The molecule has 1 aromatic heterocycles. The highest BCUT2D eigenvalue weighted by molar-refractivity contribution is 5.89. The Morgan fingerprint density at radius 2 is 1.56 bits per heavy atom. The van der Waals surface area contributed by atoms with Crippen LogP contribution in [0.3, 0.4) is 0 Å². The summed E-state index contributed by atoms with van der Waals surface area (Å²) in [5, 5.41) is 8.97. The van der Waals surface area contributed by atoms with Gasteiger partial charge in [0.15, 0.2) is 6.61 Å². The summed E-state index contributed by atoms with van der Waals surface area (Å²) in [7, 11) is 0. The summed E-state index contributed by atoms with van der Waals surface area (Å²) in [5.74, 6) is 1.08. The Balaban J connectivity index is 1.30. The summed E-state index contributed by atoms with van der Waals surface area (Å²) < 4.78 is 13.3. The van der Waals surface area contributed by atoms with Crippen molar-refractivity contribution in [3.8, 4) is 28.4 Å². The van der Waals surface area contributed by atoms with E-state index in [2.05, 4.69) is 10.5 Å². The first-order valence-electron chi connectivity index (χ1n) is 12.6. The lowest BCUT2D eigenvalue weighted by Crippen LogP contribution is -2.24. The molecule has 0 bridgehead atoms. The van der Waals surface area contributed by atoms with Crippen molar-refractivity contribution in [1.82, 2.24) is 15.2 Å². The number of carbonyl (C=O) groups is 1. The molecule has 0 radical (unpaired) electrons. The van der Waals surface area contributed by atoms with E-state index in [0.717, 1.165) is 39.4 Å². The molecule has 0 aliphatic heterocycles. The minimum Gasteiger partial charge on any atom is -0.489 e. The number of benzene rings is 4. The Labute approximate surface area is 227 Å². The van der Waals surface area contributed by atoms with E-state index in [1.807, 2.05) is 122 Å². The van der Waals surface area contributed by atoms with Gasteiger partial charge in [-0.2, -0.15) is 10.2 Å². The van der Waals surface area contributed by atoms with E-state index in [4.69, 9.17) is 14.6 Å². The summed E-state index contributed by atoms with van der Waals surface area (Å²) in [6.07, 6.45) is 3.47. The molecule has 0 saturated heterocycles. The van der Waals surface area contributed by atoms with E-state index in [0.29, 0.717) is 12.4 Å². The van der Waals surface area contributed by atoms with E-state index in [1.54, 1.807) is 10.9 Å². The van der Waals surface area contributed by atoms with E-state index >= 15 is 0 Å². The number of hydrogen-bond acceptors (Lipinski definition) is 5. The molecule has 1 heterocycles. The van der Waals surface area contributed by atoms with Crippen molar-refractivity contribution in [3.63, 3.8) is 0 Å². The topological polar surface area (TPSA) is 77.7 Å². The number of ether oxygens (including phenoxy) is 2. The fourth-order valence-electron chi connectivity index (χ4n) is 3.94. The van der Waals surface area contributed by atoms with E-state index < -0.39 is 0 Å². The van der Waals surface area contributed by atoms with Gasteiger partial charge in [0, 0.05) is 17.3 Å². The predicted octanol–water partition coefficient (Wildman–Crippen LogP) is 5.96. The van der Waals surface area contributed by atoms with E-state index in [-0.39, 0.29) is 12.5 Å². The number of hydrazone groups is 1. The van der Waals surface area contributed by atoms with Gasteiger partial charge in [0.1, 0.15) is 23.8 Å². The first kappa shape index (κ1) is 25.5. The molecule has 194 valence electrons. The molecule has 39 heavy (non-hydrogen) atoms. The van der Waals surface area contributed by atoms with Crippen LogP contribution < -0.4 is 14.9 Å². The molecule has 0 atom stereocenters. The minimum absolute atomic E-state index is 0.136. The molecule has 1 amide bonds. The van der Waals surface area contributed by atoms with Crippen molar-refractivity contribution in [2.45, 2.75) is 13.5 Å². The van der Waals surface area contributed by atoms with Gasteiger partial charge >= 0.3 is 0 Å². The van der Waals surface area contributed by atoms with Crippen LogP contribution in [0.5, 0.6) is 11.5 Å². The van der Waals surface area contributed by atoms with Crippen molar-refractivity contribution in [2.24, 2.45) is 5.10 Å². The number of aryl methyl sites for hydroxylation is 1. The number of carbonyl (C=O) groups excluding carboxylic acids is 1. The van der Waals surface area contributed by atoms with Gasteiger partial charge in [-0.15, -0.1) is 0 Å². The molecule has 0 unspecified atom stereocenters. The lowest BCUT2D eigenvalue weighted by molar-refractivity contribution is -0.123. The summed E-state index contributed by atoms with van der Waals surface area (Å²) in [6.45, 7) is 2.29. The molecule has 0 aliphatic rings. The second kappa shape index (κ2) is 12.4. The molecule has 4 aromatic carbocycles. The van der Waals surface area contributed by atoms with Gasteiger partial charge in [0.05, 0.1) is 11.9 Å². The van der Waals surface area contributed by atoms with E-state index in [1.165, 1.54) is 0 Å². The van der Waals surface area contributed by atoms with Crippen LogP contribution in [0.1, 0.15) is 16.7 Å². The third-order valence-corrected chi connectivity index (χ3v) is 5.98. The largest absolute Gasteiger partial charge is 0.489 e. The van der Waals surface area contributed by atoms with Crippen LogP contribution in [0.2, 0.25) is 0 Å². The predicted molar refractivity (Wildman–Crippen MR) is 152 cm³/mol. The van der Waals surface area contributed by atoms with Crippen LogP contribution in [0.25, 0.3) is 16.9 Å². The second-order valence-electron chi connectivity index (χ2n) is 8.86. The fourth-order valence-corrected chi connectivity index (χ4v) is 3.94. The second-order valence-corrected chi connectivity index (χ2v) is 8.86. The van der Waals surface area contributed by atoms with Gasteiger partial charge in [-0.3, -0.25) is 4.79 Å². The molecule has 5 aromatic rings. The monoisotopic (exact) mass is 516 g/mol. The Bertz CT molecular complexity index is 1550. The van der Waals surface area contributed by atoms with E-state index in [9.17, 15) is 4.79 Å². The van der Waals surface area contributed by atoms with Crippen LogP contribution in [0.15, 0.2) is 120 Å². The maximum absolute atomic E-state index is 12.3. The molecule has 1 N–H and O–H groups in total. The molecule has 0 spiro atoms.